The quantitative estimate of drug-likeness (QED) is 0.197. The predicted molar refractivity (Wildman–Crippen MR) is 8.78 cm³/mol. The third-order valence-corrected chi connectivity index (χ3v) is 0. The van der Waals surface area contributed by atoms with Crippen molar-refractivity contribution in [1.82, 2.24) is 0 Å². The van der Waals surface area contributed by atoms with Crippen molar-refractivity contribution in [2.75, 3.05) is 0 Å². The molecule has 5 heteroatoms. The summed E-state index contributed by atoms with van der Waals surface area (Å²) in [5.41, 5.74) is 0. The van der Waals surface area contributed by atoms with Crippen molar-refractivity contribution < 1.29 is 61.7 Å². The summed E-state index contributed by atoms with van der Waals surface area (Å²) >= 11 is 0. The molecule has 0 saturated heterocycles. The molecule has 0 aromatic rings. The Morgan fingerprint density at radius 3 is 1.80 bits per heavy atom. The van der Waals surface area contributed by atoms with Gasteiger partial charge in [0.15, 0.2) is 0 Å². The first-order chi connectivity index (χ1) is 1.73. The largest absolute Gasteiger partial charge is 1.00 e. The molecule has 0 aliphatic heterocycles. The monoisotopic (exact) mass is 102 g/mol. The van der Waals surface area contributed by atoms with Gasteiger partial charge in [-0.25, -0.2) is 0 Å². The fourth-order valence-corrected chi connectivity index (χ4v) is 0. The average Bonchev–Trinajstić information content (AvgIpc) is 0.811. The number of nitrogens with zero attached hydrogens (tertiary/aromatic N) is 1. The molecule has 0 aliphatic rings. The third kappa shape index (κ3) is 55.6. The van der Waals surface area contributed by atoms with Gasteiger partial charge in [0, 0.05) is 0 Å². The summed E-state index contributed by atoms with van der Waals surface area (Å²) in [6.07, 6.45) is 0. The van der Waals surface area contributed by atoms with Gasteiger partial charge in [-0.3, -0.25) is 0 Å². The van der Waals surface area contributed by atoms with Gasteiger partial charge >= 0.3 is 51.4 Å². The summed E-state index contributed by atoms with van der Waals surface area (Å²) in [4.78, 5) is 8.36. The summed E-state index contributed by atoms with van der Waals surface area (Å²) in [5.74, 6) is 0. The van der Waals surface area contributed by atoms with E-state index in [0.717, 1.165) is 0 Å². The summed E-state index contributed by atoms with van der Waals surface area (Å²) in [6.45, 7) is 0. The van der Waals surface area contributed by atoms with Gasteiger partial charge in [0.05, 0.1) is 0 Å². The summed E-state index contributed by atoms with van der Waals surface area (Å²) in [5, 5.41) is 13.6. The first kappa shape index (κ1) is 9.28. The molecule has 0 fully saturated rings. The minimum Gasteiger partial charge on any atom is -0.328 e. The van der Waals surface area contributed by atoms with Crippen LogP contribution in [0.1, 0.15) is 0 Å². The smallest absolute Gasteiger partial charge is 0.328 e. The maximum absolute atomic E-state index is 8.36. The maximum atomic E-state index is 8.36. The zero-order chi connectivity index (χ0) is 3.58. The van der Waals surface area contributed by atoms with Gasteiger partial charge in [-0.1, -0.05) is 0 Å². The predicted octanol–water partition coefficient (Wildman–Crippen LogP) is -3.34. The van der Waals surface area contributed by atoms with Gasteiger partial charge in [-0.05, 0) is 0 Å². The molecule has 4 nitrogen and oxygen atoms in total. The van der Waals surface area contributed by atoms with E-state index < -0.39 is 5.09 Å². The van der Waals surface area contributed by atoms with Crippen LogP contribution in [0.5, 0.6) is 0 Å². The first-order valence-electron chi connectivity index (χ1n) is 0.565. The van der Waals surface area contributed by atoms with Crippen LogP contribution in [0.3, 0.4) is 0 Å². The summed E-state index contributed by atoms with van der Waals surface area (Å²) < 4.78 is 0. The topological polar surface area (TPSA) is 63.4 Å². The van der Waals surface area contributed by atoms with E-state index >= 15 is 0 Å². The molecule has 0 unspecified atom stereocenters. The van der Waals surface area contributed by atoms with Crippen molar-refractivity contribution in [3.8, 4) is 0 Å². The first-order valence-corrected chi connectivity index (χ1v) is 0.565. The van der Waals surface area contributed by atoms with E-state index in [1.165, 1.54) is 0 Å². The molecule has 5 heavy (non-hydrogen) atoms. The summed E-state index contributed by atoms with van der Waals surface area (Å²) in [6, 6.07) is 0. The van der Waals surface area contributed by atoms with E-state index in [0.29, 0.717) is 0 Å². The van der Waals surface area contributed by atoms with E-state index in [9.17, 15) is 0 Å². The van der Waals surface area contributed by atoms with Crippen molar-refractivity contribution in [2.45, 2.75) is 0 Å². The Balaban J connectivity index is 0. The number of hydrogen-bond acceptors (Lipinski definition) is 2. The van der Waals surface area contributed by atoms with Crippen molar-refractivity contribution >= 4 is 0 Å². The Bertz CT molecular complexity index is 29.9. The second-order valence-electron chi connectivity index (χ2n) is 0.238. The van der Waals surface area contributed by atoms with Crippen molar-refractivity contribution in [1.29, 1.82) is 0 Å². The van der Waals surface area contributed by atoms with Crippen LogP contribution in [-0.4, -0.2) is 10.3 Å². The zero-order valence-electron chi connectivity index (χ0n) is 2.71. The Morgan fingerprint density at radius 2 is 1.80 bits per heavy atom. The van der Waals surface area contributed by atoms with E-state index in [1.54, 1.807) is 0 Å². The van der Waals surface area contributed by atoms with Gasteiger partial charge in [0.25, 0.3) is 5.09 Å². The van der Waals surface area contributed by atoms with Crippen LogP contribution in [-0.2, 0) is 0 Å². The Kier molecular flexibility index (Phi) is 8.97. The van der Waals surface area contributed by atoms with E-state index in [2.05, 4.69) is 0 Å². The molecule has 24 valence electrons. The minimum absolute atomic E-state index is 0. The van der Waals surface area contributed by atoms with E-state index in [4.69, 9.17) is 15.3 Å². The van der Waals surface area contributed by atoms with Gasteiger partial charge in [0.1, 0.15) is 0 Å². The molecule has 0 bridgehead atoms. The molecule has 0 saturated carbocycles. The van der Waals surface area contributed by atoms with Gasteiger partial charge < -0.3 is 5.21 Å². The molecule has 0 radical (unpaired) electrons. The minimum atomic E-state index is -1.50. The molecule has 0 spiro atoms. The van der Waals surface area contributed by atoms with Crippen LogP contribution in [0.2, 0.25) is 0 Å². The molecule has 0 heterocycles. The van der Waals surface area contributed by atoms with Crippen molar-refractivity contribution in [3.05, 3.63) is 10.1 Å². The average molecular weight is 102 g/mol. The third-order valence-electron chi connectivity index (χ3n) is 0. The Hall–Kier alpha value is 0.836. The van der Waals surface area contributed by atoms with Crippen LogP contribution in [0, 0.1) is 10.1 Å². The van der Waals surface area contributed by atoms with Gasteiger partial charge in [0.2, 0.25) is 0 Å². The Morgan fingerprint density at radius 1 is 1.80 bits per heavy atom. The molecule has 0 atom stereocenters. The van der Waals surface area contributed by atoms with E-state index in [-0.39, 0.29) is 51.4 Å². The van der Waals surface area contributed by atoms with Crippen molar-refractivity contribution in [2.24, 2.45) is 0 Å². The molecule has 0 amide bonds. The van der Waals surface area contributed by atoms with Gasteiger partial charge in [-0.15, -0.1) is 10.1 Å². The fraction of sp³-hybridized carbons (Fsp3) is 0. The maximum Gasteiger partial charge on any atom is 1.00 e. The standard InChI is InChI=1S/K.HNO3/c;2-1(3)4/h;(H,2,3,4)/q+1;. The fourth-order valence-electron chi connectivity index (χ4n) is 0. The molecule has 1 N–H and O–H groups in total. The second kappa shape index (κ2) is 4.84. The molecule has 0 aromatic carbocycles. The van der Waals surface area contributed by atoms with Crippen LogP contribution in [0.15, 0.2) is 0 Å². The number of rotatable bonds is 0. The molecule has 0 rings (SSSR count). The van der Waals surface area contributed by atoms with Gasteiger partial charge in [-0.2, -0.15) is 0 Å². The summed E-state index contributed by atoms with van der Waals surface area (Å²) in [7, 11) is 0. The van der Waals surface area contributed by atoms with Crippen molar-refractivity contribution in [3.63, 3.8) is 0 Å². The number of hydrogen-bond donors (Lipinski definition) is 1. The molecular formula is HKNO3+. The van der Waals surface area contributed by atoms with Crippen LogP contribution >= 0.6 is 0 Å². The van der Waals surface area contributed by atoms with E-state index in [1.807, 2.05) is 0 Å². The Labute approximate surface area is 70.7 Å². The van der Waals surface area contributed by atoms with Crippen LogP contribution < -0.4 is 51.4 Å². The second-order valence-corrected chi connectivity index (χ2v) is 0.238. The normalized spacial score (nSPS) is 4.80. The molecule has 0 aliphatic carbocycles. The van der Waals surface area contributed by atoms with Crippen LogP contribution in [0.4, 0.5) is 0 Å². The van der Waals surface area contributed by atoms with Crippen LogP contribution in [0.25, 0.3) is 0 Å². The zero-order valence-corrected chi connectivity index (χ0v) is 5.83. The molecular weight excluding hydrogens is 101 g/mol. The SMILES string of the molecule is O=[N+]([O-])O.[K+]. The molecule has 0 aromatic heterocycles.